The molecule has 0 bridgehead atoms. The van der Waals surface area contributed by atoms with Crippen LogP contribution in [0.15, 0.2) is 170 Å². The van der Waals surface area contributed by atoms with Crippen LogP contribution in [0.3, 0.4) is 0 Å². The molecule has 0 saturated carbocycles. The van der Waals surface area contributed by atoms with E-state index in [2.05, 4.69) is 138 Å². The van der Waals surface area contributed by atoms with Crippen molar-refractivity contribution in [1.29, 1.82) is 0 Å². The molecule has 10 aromatic rings. The summed E-state index contributed by atoms with van der Waals surface area (Å²) in [6.45, 7) is 0. The maximum Gasteiger partial charge on any atom is 0.166 e. The van der Waals surface area contributed by atoms with Gasteiger partial charge >= 0.3 is 0 Å². The van der Waals surface area contributed by atoms with Crippen LogP contribution in [0.4, 0.5) is 0 Å². The predicted octanol–water partition coefficient (Wildman–Crippen LogP) is 12.0. The van der Waals surface area contributed by atoms with Gasteiger partial charge in [-0.2, -0.15) is 0 Å². The van der Waals surface area contributed by atoms with E-state index in [0.717, 1.165) is 38.8 Å². The van der Waals surface area contributed by atoms with E-state index in [1.54, 1.807) is 11.3 Å². The van der Waals surface area contributed by atoms with Gasteiger partial charge in [-0.3, -0.25) is 0 Å². The Hall–Kier alpha value is -6.43. The number of para-hydroxylation sites is 1. The van der Waals surface area contributed by atoms with Crippen LogP contribution in [0.2, 0.25) is 0 Å². The van der Waals surface area contributed by atoms with E-state index in [1.807, 2.05) is 36.4 Å². The molecule has 0 unspecified atom stereocenters. The quantitative estimate of drug-likeness (QED) is 0.185. The average Bonchev–Trinajstić information content (AvgIpc) is 3.74. The van der Waals surface area contributed by atoms with Gasteiger partial charge < -0.3 is 4.57 Å². The van der Waals surface area contributed by atoms with Gasteiger partial charge in [0.25, 0.3) is 0 Å². The molecular formula is C45H28N4S. The molecule has 0 amide bonds. The molecule has 0 aliphatic carbocycles. The van der Waals surface area contributed by atoms with Crippen LogP contribution in [0.25, 0.3) is 93.0 Å². The fraction of sp³-hybridized carbons (Fsp3) is 0. The zero-order valence-electron chi connectivity index (χ0n) is 26.9. The highest BCUT2D eigenvalue weighted by atomic mass is 32.1. The molecule has 0 aliphatic rings. The lowest BCUT2D eigenvalue weighted by atomic mass is 10.0. The summed E-state index contributed by atoms with van der Waals surface area (Å²) < 4.78 is 4.82. The van der Waals surface area contributed by atoms with E-state index in [4.69, 9.17) is 15.0 Å². The zero-order chi connectivity index (χ0) is 33.0. The monoisotopic (exact) mass is 656 g/mol. The molecule has 7 aromatic carbocycles. The lowest BCUT2D eigenvalue weighted by Gasteiger charge is -2.16. The van der Waals surface area contributed by atoms with Crippen LogP contribution in [0.5, 0.6) is 0 Å². The van der Waals surface area contributed by atoms with Gasteiger partial charge in [-0.1, -0.05) is 133 Å². The normalized spacial score (nSPS) is 11.6. The van der Waals surface area contributed by atoms with Gasteiger partial charge in [0.2, 0.25) is 0 Å². The van der Waals surface area contributed by atoms with Crippen molar-refractivity contribution in [2.24, 2.45) is 0 Å². The second kappa shape index (κ2) is 11.6. The molecule has 4 nitrogen and oxygen atoms in total. The van der Waals surface area contributed by atoms with Crippen molar-refractivity contribution in [3.8, 4) is 51.0 Å². The standard InChI is InChI=1S/C45H28N4S/c1-4-14-29(15-5-1)32-24-25-37-35(28-32)33-20-10-12-22-36(33)49(37)38-26-27-40-41(34-21-11-13-23-39(34)50-40)42(38)45-47-43(30-16-6-2-7-17-30)46-44(48-45)31-18-8-3-9-19-31/h1-28H. The number of rotatable bonds is 5. The molecule has 0 spiro atoms. The highest BCUT2D eigenvalue weighted by Crippen LogP contribution is 2.45. The Balaban J connectivity index is 1.33. The molecule has 0 atom stereocenters. The predicted molar refractivity (Wildman–Crippen MR) is 209 cm³/mol. The first-order chi connectivity index (χ1) is 24.8. The van der Waals surface area contributed by atoms with Crippen molar-refractivity contribution in [3.63, 3.8) is 0 Å². The molecule has 10 rings (SSSR count). The summed E-state index contributed by atoms with van der Waals surface area (Å²) in [4.78, 5) is 15.6. The molecule has 3 heterocycles. The van der Waals surface area contributed by atoms with Crippen LogP contribution in [-0.2, 0) is 0 Å². The maximum absolute atomic E-state index is 5.29. The summed E-state index contributed by atoms with van der Waals surface area (Å²) in [6.07, 6.45) is 0. The molecule has 5 heteroatoms. The molecule has 0 radical (unpaired) electrons. The zero-order valence-corrected chi connectivity index (χ0v) is 27.7. The van der Waals surface area contributed by atoms with Crippen LogP contribution in [0, 0.1) is 0 Å². The minimum absolute atomic E-state index is 0.645. The van der Waals surface area contributed by atoms with Crippen molar-refractivity contribution in [2.45, 2.75) is 0 Å². The van der Waals surface area contributed by atoms with Gasteiger partial charge in [0, 0.05) is 42.1 Å². The SMILES string of the molecule is c1ccc(-c2ccc3c(c2)c2ccccc2n3-c2ccc3sc4ccccc4c3c2-c2nc(-c3ccccc3)nc(-c3ccccc3)n2)cc1. The third-order valence-electron chi connectivity index (χ3n) is 9.47. The van der Waals surface area contributed by atoms with Gasteiger partial charge in [-0.05, 0) is 47.5 Å². The van der Waals surface area contributed by atoms with Gasteiger partial charge in [-0.25, -0.2) is 15.0 Å². The first kappa shape index (κ1) is 28.6. The van der Waals surface area contributed by atoms with E-state index in [9.17, 15) is 0 Å². The largest absolute Gasteiger partial charge is 0.308 e. The van der Waals surface area contributed by atoms with Gasteiger partial charge in [-0.15, -0.1) is 11.3 Å². The Morgan fingerprint density at radius 1 is 0.380 bits per heavy atom. The highest BCUT2D eigenvalue weighted by Gasteiger charge is 2.23. The minimum atomic E-state index is 0.645. The van der Waals surface area contributed by atoms with Crippen molar-refractivity contribution >= 4 is 53.3 Å². The number of nitrogens with zero attached hydrogens (tertiary/aromatic N) is 4. The fourth-order valence-electron chi connectivity index (χ4n) is 7.18. The topological polar surface area (TPSA) is 43.6 Å². The van der Waals surface area contributed by atoms with Crippen molar-refractivity contribution < 1.29 is 0 Å². The fourth-order valence-corrected chi connectivity index (χ4v) is 8.30. The Labute approximate surface area is 292 Å². The van der Waals surface area contributed by atoms with Crippen LogP contribution < -0.4 is 0 Å². The highest BCUT2D eigenvalue weighted by molar-refractivity contribution is 7.26. The van der Waals surface area contributed by atoms with Gasteiger partial charge in [0.15, 0.2) is 17.5 Å². The second-order valence-electron chi connectivity index (χ2n) is 12.4. The molecule has 0 fully saturated rings. The van der Waals surface area contributed by atoms with E-state index in [0.29, 0.717) is 17.5 Å². The third-order valence-corrected chi connectivity index (χ3v) is 10.6. The second-order valence-corrected chi connectivity index (χ2v) is 13.5. The minimum Gasteiger partial charge on any atom is -0.308 e. The van der Waals surface area contributed by atoms with Crippen molar-refractivity contribution in [1.82, 2.24) is 19.5 Å². The van der Waals surface area contributed by atoms with Crippen LogP contribution in [0.1, 0.15) is 0 Å². The van der Waals surface area contributed by atoms with Gasteiger partial charge in [0.1, 0.15) is 0 Å². The molecule has 234 valence electrons. The summed E-state index contributed by atoms with van der Waals surface area (Å²) >= 11 is 1.80. The van der Waals surface area contributed by atoms with E-state index in [1.165, 1.54) is 36.7 Å². The van der Waals surface area contributed by atoms with Gasteiger partial charge in [0.05, 0.1) is 22.3 Å². The molecule has 3 aromatic heterocycles. The van der Waals surface area contributed by atoms with Crippen molar-refractivity contribution in [3.05, 3.63) is 170 Å². The molecule has 0 saturated heterocycles. The van der Waals surface area contributed by atoms with E-state index >= 15 is 0 Å². The molecular weight excluding hydrogens is 629 g/mol. The summed E-state index contributed by atoms with van der Waals surface area (Å²) in [5.74, 6) is 1.94. The van der Waals surface area contributed by atoms with Crippen LogP contribution in [-0.4, -0.2) is 19.5 Å². The third kappa shape index (κ3) is 4.63. The summed E-state index contributed by atoms with van der Waals surface area (Å²) in [7, 11) is 0. The summed E-state index contributed by atoms with van der Waals surface area (Å²) in [6, 6.07) is 59.7. The van der Waals surface area contributed by atoms with E-state index < -0.39 is 0 Å². The Morgan fingerprint density at radius 2 is 0.940 bits per heavy atom. The Morgan fingerprint density at radius 3 is 1.64 bits per heavy atom. The number of thiophene rings is 1. The van der Waals surface area contributed by atoms with Crippen molar-refractivity contribution in [2.75, 3.05) is 0 Å². The first-order valence-electron chi connectivity index (χ1n) is 16.7. The Bertz CT molecular complexity index is 2800. The summed E-state index contributed by atoms with van der Waals surface area (Å²) in [5, 5.41) is 4.75. The summed E-state index contributed by atoms with van der Waals surface area (Å²) in [5.41, 5.74) is 8.57. The number of aromatic nitrogens is 4. The smallest absolute Gasteiger partial charge is 0.166 e. The molecule has 50 heavy (non-hydrogen) atoms. The number of hydrogen-bond acceptors (Lipinski definition) is 4. The lowest BCUT2D eigenvalue weighted by Crippen LogP contribution is -2.04. The first-order valence-corrected chi connectivity index (χ1v) is 17.5. The maximum atomic E-state index is 5.29. The lowest BCUT2D eigenvalue weighted by molar-refractivity contribution is 1.07. The average molecular weight is 657 g/mol. The number of hydrogen-bond donors (Lipinski definition) is 0. The van der Waals surface area contributed by atoms with Crippen LogP contribution >= 0.6 is 11.3 Å². The number of benzene rings is 7. The Kier molecular flexibility index (Phi) is 6.64. The molecule has 0 N–H and O–H groups in total. The molecule has 0 aliphatic heterocycles. The van der Waals surface area contributed by atoms with E-state index in [-0.39, 0.29) is 0 Å². The number of fused-ring (bicyclic) bond motifs is 6.